The molecule has 0 spiro atoms. The van der Waals surface area contributed by atoms with Gasteiger partial charge in [-0.1, -0.05) is 28.1 Å². The summed E-state index contributed by atoms with van der Waals surface area (Å²) < 4.78 is 8.04. The predicted octanol–water partition coefficient (Wildman–Crippen LogP) is 6.83. The Morgan fingerprint density at radius 1 is 1.07 bits per heavy atom. The largest absolute Gasteiger partial charge is 0.478 e. The summed E-state index contributed by atoms with van der Waals surface area (Å²) in [5.74, 6) is 0.433. The van der Waals surface area contributed by atoms with Crippen LogP contribution < -0.4 is 10.1 Å². The Hall–Kier alpha value is -2.70. The van der Waals surface area contributed by atoms with Gasteiger partial charge in [-0.05, 0) is 80.9 Å². The molecule has 1 aromatic heterocycles. The van der Waals surface area contributed by atoms with Crippen LogP contribution in [0.3, 0.4) is 0 Å². The van der Waals surface area contributed by atoms with E-state index in [0.717, 1.165) is 36.5 Å². The number of halogens is 1. The average Bonchev–Trinajstić information content (AvgIpc) is 3.15. The standard InChI is InChI=1S/C24H21BrN2O2S/c1-15-14-16(22-26-20-6-4-5-7-21(20)30-22)8-13-19(15)27-23(28)24(2,3)29-18-11-9-17(25)10-12-18/h4-14H,1-3H3,(H,27,28). The fraction of sp³-hybridized carbons (Fsp3) is 0.167. The van der Waals surface area contributed by atoms with Crippen LogP contribution in [0.4, 0.5) is 5.69 Å². The number of carbonyl (C=O) groups excluding carboxylic acids is 1. The number of nitrogens with zero attached hydrogens (tertiary/aromatic N) is 1. The highest BCUT2D eigenvalue weighted by molar-refractivity contribution is 9.10. The Bertz CT molecular complexity index is 1180. The minimum absolute atomic E-state index is 0.207. The van der Waals surface area contributed by atoms with Gasteiger partial charge < -0.3 is 10.1 Å². The maximum Gasteiger partial charge on any atom is 0.267 e. The summed E-state index contributed by atoms with van der Waals surface area (Å²) in [5.41, 5.74) is 2.75. The molecular weight excluding hydrogens is 460 g/mol. The zero-order valence-electron chi connectivity index (χ0n) is 16.9. The van der Waals surface area contributed by atoms with Crippen molar-refractivity contribution in [1.29, 1.82) is 0 Å². The maximum atomic E-state index is 12.9. The van der Waals surface area contributed by atoms with Gasteiger partial charge in [0.25, 0.3) is 5.91 Å². The Balaban J connectivity index is 1.51. The third-order valence-corrected chi connectivity index (χ3v) is 6.36. The number of rotatable bonds is 5. The number of carbonyl (C=O) groups is 1. The van der Waals surface area contributed by atoms with Crippen LogP contribution >= 0.6 is 27.3 Å². The number of nitrogens with one attached hydrogen (secondary N) is 1. The minimum Gasteiger partial charge on any atom is -0.478 e. The lowest BCUT2D eigenvalue weighted by atomic mass is 10.1. The molecule has 6 heteroatoms. The molecule has 0 aliphatic rings. The summed E-state index contributed by atoms with van der Waals surface area (Å²) in [7, 11) is 0. The van der Waals surface area contributed by atoms with Gasteiger partial charge in [0.2, 0.25) is 0 Å². The van der Waals surface area contributed by atoms with Crippen LogP contribution in [0.5, 0.6) is 5.75 Å². The van der Waals surface area contributed by atoms with Crippen molar-refractivity contribution < 1.29 is 9.53 Å². The molecule has 0 atom stereocenters. The molecule has 0 unspecified atom stereocenters. The van der Waals surface area contributed by atoms with Crippen LogP contribution in [-0.2, 0) is 4.79 Å². The first-order chi connectivity index (χ1) is 14.3. The fourth-order valence-corrected chi connectivity index (χ4v) is 4.28. The fourth-order valence-electron chi connectivity index (χ4n) is 3.05. The van der Waals surface area contributed by atoms with Gasteiger partial charge in [0.1, 0.15) is 10.8 Å². The molecule has 152 valence electrons. The normalized spacial score (nSPS) is 11.5. The maximum absolute atomic E-state index is 12.9. The molecule has 4 rings (SSSR count). The molecule has 0 aliphatic carbocycles. The van der Waals surface area contributed by atoms with Crippen LogP contribution in [-0.4, -0.2) is 16.5 Å². The molecule has 0 fully saturated rings. The molecule has 0 saturated heterocycles. The number of thiazole rings is 1. The first kappa shape index (κ1) is 20.6. The number of aromatic nitrogens is 1. The lowest BCUT2D eigenvalue weighted by Gasteiger charge is -2.26. The van der Waals surface area contributed by atoms with Crippen molar-refractivity contribution in [2.24, 2.45) is 0 Å². The number of fused-ring (bicyclic) bond motifs is 1. The molecule has 1 heterocycles. The summed E-state index contributed by atoms with van der Waals surface area (Å²) >= 11 is 5.06. The van der Waals surface area contributed by atoms with Gasteiger partial charge in [0.15, 0.2) is 5.60 Å². The first-order valence-electron chi connectivity index (χ1n) is 9.54. The van der Waals surface area contributed by atoms with E-state index in [-0.39, 0.29) is 5.91 Å². The topological polar surface area (TPSA) is 51.2 Å². The van der Waals surface area contributed by atoms with Gasteiger partial charge in [-0.2, -0.15) is 0 Å². The average molecular weight is 481 g/mol. The van der Waals surface area contributed by atoms with Crippen molar-refractivity contribution in [3.05, 3.63) is 76.8 Å². The van der Waals surface area contributed by atoms with Gasteiger partial charge in [-0.3, -0.25) is 4.79 Å². The van der Waals surface area contributed by atoms with Crippen molar-refractivity contribution in [2.75, 3.05) is 5.32 Å². The van der Waals surface area contributed by atoms with Crippen molar-refractivity contribution in [2.45, 2.75) is 26.4 Å². The second-order valence-electron chi connectivity index (χ2n) is 7.54. The van der Waals surface area contributed by atoms with Crippen LogP contribution in [0.15, 0.2) is 71.2 Å². The quantitative estimate of drug-likeness (QED) is 0.340. The second-order valence-corrected chi connectivity index (χ2v) is 9.48. The molecule has 4 aromatic rings. The molecule has 4 nitrogen and oxygen atoms in total. The van der Waals surface area contributed by atoms with Crippen molar-refractivity contribution >= 4 is 49.1 Å². The van der Waals surface area contributed by atoms with E-state index in [0.29, 0.717) is 5.75 Å². The van der Waals surface area contributed by atoms with Crippen LogP contribution in [0.1, 0.15) is 19.4 Å². The number of hydrogen-bond acceptors (Lipinski definition) is 4. The number of hydrogen-bond donors (Lipinski definition) is 1. The number of aryl methyl sites for hydroxylation is 1. The summed E-state index contributed by atoms with van der Waals surface area (Å²) in [4.78, 5) is 17.6. The Labute approximate surface area is 188 Å². The zero-order chi connectivity index (χ0) is 21.3. The van der Waals surface area contributed by atoms with Gasteiger partial charge >= 0.3 is 0 Å². The summed E-state index contributed by atoms with van der Waals surface area (Å²) in [6.07, 6.45) is 0. The van der Waals surface area contributed by atoms with Crippen LogP contribution in [0, 0.1) is 6.92 Å². The number of benzene rings is 3. The number of amides is 1. The monoisotopic (exact) mass is 480 g/mol. The lowest BCUT2D eigenvalue weighted by molar-refractivity contribution is -0.128. The van der Waals surface area contributed by atoms with Gasteiger partial charge in [0, 0.05) is 15.7 Å². The van der Waals surface area contributed by atoms with E-state index >= 15 is 0 Å². The predicted molar refractivity (Wildman–Crippen MR) is 127 cm³/mol. The zero-order valence-corrected chi connectivity index (χ0v) is 19.3. The third-order valence-electron chi connectivity index (χ3n) is 4.75. The Morgan fingerprint density at radius 3 is 2.50 bits per heavy atom. The van der Waals surface area contributed by atoms with Crippen molar-refractivity contribution in [3.63, 3.8) is 0 Å². The van der Waals surface area contributed by atoms with E-state index in [9.17, 15) is 4.79 Å². The van der Waals surface area contributed by atoms with E-state index in [1.165, 1.54) is 0 Å². The van der Waals surface area contributed by atoms with E-state index < -0.39 is 5.60 Å². The summed E-state index contributed by atoms with van der Waals surface area (Å²) in [6.45, 7) is 5.50. The Morgan fingerprint density at radius 2 is 1.80 bits per heavy atom. The van der Waals surface area contributed by atoms with Gasteiger partial charge in [-0.15, -0.1) is 11.3 Å². The Kier molecular flexibility index (Phi) is 5.62. The van der Waals surface area contributed by atoms with Crippen LogP contribution in [0.25, 0.3) is 20.8 Å². The minimum atomic E-state index is -1.02. The van der Waals surface area contributed by atoms with Crippen molar-refractivity contribution in [1.82, 2.24) is 4.98 Å². The highest BCUT2D eigenvalue weighted by Crippen LogP contribution is 2.32. The first-order valence-corrected chi connectivity index (χ1v) is 11.2. The smallest absolute Gasteiger partial charge is 0.267 e. The SMILES string of the molecule is Cc1cc(-c2nc3ccccc3s2)ccc1NC(=O)C(C)(C)Oc1ccc(Br)cc1. The number of para-hydroxylation sites is 1. The van der Waals surface area contributed by atoms with E-state index in [4.69, 9.17) is 9.72 Å². The van der Waals surface area contributed by atoms with E-state index in [2.05, 4.69) is 33.4 Å². The molecule has 3 aromatic carbocycles. The molecule has 1 amide bonds. The lowest BCUT2D eigenvalue weighted by Crippen LogP contribution is -2.42. The van der Waals surface area contributed by atoms with E-state index in [1.807, 2.05) is 61.5 Å². The molecule has 0 saturated carbocycles. The second kappa shape index (κ2) is 8.20. The van der Waals surface area contributed by atoms with Crippen molar-refractivity contribution in [3.8, 4) is 16.3 Å². The molecule has 0 bridgehead atoms. The highest BCUT2D eigenvalue weighted by Gasteiger charge is 2.30. The third kappa shape index (κ3) is 4.40. The molecule has 30 heavy (non-hydrogen) atoms. The summed E-state index contributed by atoms with van der Waals surface area (Å²) in [6, 6.07) is 21.5. The molecule has 1 N–H and O–H groups in total. The number of anilines is 1. The van der Waals surface area contributed by atoms with E-state index in [1.54, 1.807) is 25.2 Å². The molecular formula is C24H21BrN2O2S. The summed E-state index contributed by atoms with van der Waals surface area (Å²) in [5, 5.41) is 3.97. The van der Waals surface area contributed by atoms with Gasteiger partial charge in [-0.25, -0.2) is 4.98 Å². The van der Waals surface area contributed by atoms with Gasteiger partial charge in [0.05, 0.1) is 10.2 Å². The highest BCUT2D eigenvalue weighted by atomic mass is 79.9. The number of ether oxygens (including phenoxy) is 1. The van der Waals surface area contributed by atoms with Crippen LogP contribution in [0.2, 0.25) is 0 Å². The molecule has 0 radical (unpaired) electrons. The molecule has 0 aliphatic heterocycles.